The molecule has 1 N–H and O–H groups in total. The molecule has 1 saturated carbocycles. The summed E-state index contributed by atoms with van der Waals surface area (Å²) >= 11 is 0. The predicted molar refractivity (Wildman–Crippen MR) is 153 cm³/mol. The largest absolute Gasteiger partial charge is 0.416 e. The molecule has 0 radical (unpaired) electrons. The van der Waals surface area contributed by atoms with Crippen LogP contribution in [0.1, 0.15) is 84.5 Å². The summed E-state index contributed by atoms with van der Waals surface area (Å²) in [5.74, 6) is 1.22. The van der Waals surface area contributed by atoms with Gasteiger partial charge in [0.1, 0.15) is 5.82 Å². The quantitative estimate of drug-likeness (QED) is 0.252. The number of nitrogens with zero attached hydrogens (tertiary/aromatic N) is 3. The molecule has 4 nitrogen and oxygen atoms in total. The highest BCUT2D eigenvalue weighted by molar-refractivity contribution is 5.60. The topological polar surface area (TPSA) is 33.1 Å². The van der Waals surface area contributed by atoms with Crippen molar-refractivity contribution in [2.45, 2.75) is 90.7 Å². The highest BCUT2D eigenvalue weighted by atomic mass is 19.4. The smallest absolute Gasteiger partial charge is 0.371 e. The molecule has 228 valence electrons. The first-order chi connectivity index (χ1) is 19.9. The van der Waals surface area contributed by atoms with E-state index in [1.807, 2.05) is 0 Å². The third-order valence-electron chi connectivity index (χ3n) is 8.64. The molecule has 0 bridgehead atoms. The molecule has 5 rings (SSSR count). The maximum absolute atomic E-state index is 13.3. The van der Waals surface area contributed by atoms with Crippen LogP contribution in [0.5, 0.6) is 0 Å². The highest BCUT2D eigenvalue weighted by Crippen LogP contribution is 2.37. The average molecular weight is 593 g/mol. The van der Waals surface area contributed by atoms with Gasteiger partial charge in [0.05, 0.1) is 17.7 Å². The van der Waals surface area contributed by atoms with Crippen molar-refractivity contribution in [3.05, 3.63) is 75.5 Å². The van der Waals surface area contributed by atoms with Crippen molar-refractivity contribution in [2.75, 3.05) is 23.3 Å². The van der Waals surface area contributed by atoms with Gasteiger partial charge in [-0.3, -0.25) is 4.68 Å². The van der Waals surface area contributed by atoms with E-state index in [1.165, 1.54) is 59.2 Å². The van der Waals surface area contributed by atoms with Crippen LogP contribution in [0.3, 0.4) is 0 Å². The summed E-state index contributed by atoms with van der Waals surface area (Å²) in [6.07, 6.45) is -0.0484. The van der Waals surface area contributed by atoms with E-state index >= 15 is 0 Å². The number of alkyl halides is 6. The Morgan fingerprint density at radius 3 is 2.12 bits per heavy atom. The van der Waals surface area contributed by atoms with E-state index in [0.717, 1.165) is 44.5 Å². The van der Waals surface area contributed by atoms with E-state index in [-0.39, 0.29) is 18.2 Å². The molecule has 1 aromatic heterocycles. The van der Waals surface area contributed by atoms with E-state index in [0.29, 0.717) is 24.0 Å². The van der Waals surface area contributed by atoms with Gasteiger partial charge < -0.3 is 10.2 Å². The van der Waals surface area contributed by atoms with Crippen LogP contribution in [-0.2, 0) is 38.3 Å². The van der Waals surface area contributed by atoms with E-state index in [2.05, 4.69) is 34.4 Å². The van der Waals surface area contributed by atoms with E-state index in [9.17, 15) is 26.3 Å². The number of hydrogen-bond acceptors (Lipinski definition) is 3. The van der Waals surface area contributed by atoms with Gasteiger partial charge in [-0.2, -0.15) is 31.4 Å². The molecular formula is C32H38F6N4. The number of fused-ring (bicyclic) bond motifs is 1. The number of anilines is 2. The molecule has 2 aliphatic carbocycles. The van der Waals surface area contributed by atoms with Crippen LogP contribution in [0, 0.1) is 12.8 Å². The molecule has 0 saturated heterocycles. The zero-order valence-electron chi connectivity index (χ0n) is 24.1. The van der Waals surface area contributed by atoms with Crippen LogP contribution >= 0.6 is 0 Å². The predicted octanol–water partition coefficient (Wildman–Crippen LogP) is 8.78. The van der Waals surface area contributed by atoms with E-state index in [4.69, 9.17) is 0 Å². The van der Waals surface area contributed by atoms with Crippen LogP contribution in [-0.4, -0.2) is 22.9 Å². The lowest BCUT2D eigenvalue weighted by atomic mass is 9.88. The fourth-order valence-corrected chi connectivity index (χ4v) is 6.40. The molecule has 2 aliphatic rings. The number of halogens is 6. The summed E-state index contributed by atoms with van der Waals surface area (Å²) in [5.41, 5.74) is 3.06. The van der Waals surface area contributed by atoms with Gasteiger partial charge in [-0.05, 0) is 98.4 Å². The van der Waals surface area contributed by atoms with Crippen molar-refractivity contribution in [2.24, 2.45) is 5.92 Å². The molecule has 10 heteroatoms. The standard InChI is InChI=1S/C32H38F6N4/c1-3-41(19-22-8-5-4-6-9-22)29-16-25-11-7-10-24(25)15-26(29)18-39-30-12-21(2)42(40-30)20-23-13-27(31(33,34)35)17-28(14-23)32(36,37)38/h12-17,22H,3-11,18-20H2,1-2H3,(H,39,40). The number of rotatable bonds is 9. The minimum absolute atomic E-state index is 0.114. The fourth-order valence-electron chi connectivity index (χ4n) is 6.40. The molecule has 1 fully saturated rings. The Morgan fingerprint density at radius 1 is 0.857 bits per heavy atom. The van der Waals surface area contributed by atoms with Crippen molar-refractivity contribution in [3.63, 3.8) is 0 Å². The first-order valence-corrected chi connectivity index (χ1v) is 14.9. The zero-order valence-corrected chi connectivity index (χ0v) is 24.1. The summed E-state index contributed by atoms with van der Waals surface area (Å²) in [6.45, 7) is 6.17. The molecule has 3 aromatic rings. The minimum atomic E-state index is -4.89. The van der Waals surface area contributed by atoms with Gasteiger partial charge in [-0.1, -0.05) is 25.3 Å². The van der Waals surface area contributed by atoms with Crippen LogP contribution in [0.2, 0.25) is 0 Å². The number of aromatic nitrogens is 2. The minimum Gasteiger partial charge on any atom is -0.371 e. The highest BCUT2D eigenvalue weighted by Gasteiger charge is 2.37. The number of aryl methyl sites for hydroxylation is 3. The molecule has 0 unspecified atom stereocenters. The Hall–Kier alpha value is -3.17. The van der Waals surface area contributed by atoms with Gasteiger partial charge in [0.25, 0.3) is 0 Å². The second kappa shape index (κ2) is 12.2. The normalized spacial score (nSPS) is 16.1. The lowest BCUT2D eigenvalue weighted by molar-refractivity contribution is -0.143. The lowest BCUT2D eigenvalue weighted by Gasteiger charge is -2.32. The Bertz CT molecular complexity index is 1350. The monoisotopic (exact) mass is 592 g/mol. The van der Waals surface area contributed by atoms with Gasteiger partial charge >= 0.3 is 12.4 Å². The summed E-state index contributed by atoms with van der Waals surface area (Å²) in [6, 6.07) is 8.07. The van der Waals surface area contributed by atoms with Crippen molar-refractivity contribution in [3.8, 4) is 0 Å². The van der Waals surface area contributed by atoms with Crippen molar-refractivity contribution in [1.29, 1.82) is 0 Å². The SMILES string of the molecule is CCN(CC1CCCCC1)c1cc2c(cc1CNc1cc(C)n(Cc3cc(C(F)(F)F)cc(C(F)(F)F)c3)n1)CCC2. The van der Waals surface area contributed by atoms with Crippen LogP contribution in [0.25, 0.3) is 0 Å². The molecule has 42 heavy (non-hydrogen) atoms. The van der Waals surface area contributed by atoms with Gasteiger partial charge in [0.2, 0.25) is 0 Å². The first kappa shape index (κ1) is 30.3. The molecule has 0 atom stereocenters. The molecule has 1 heterocycles. The van der Waals surface area contributed by atoms with Crippen LogP contribution in [0.15, 0.2) is 36.4 Å². The summed E-state index contributed by atoms with van der Waals surface area (Å²) < 4.78 is 81.5. The second-order valence-corrected chi connectivity index (χ2v) is 11.7. The Balaban J connectivity index is 1.36. The first-order valence-electron chi connectivity index (χ1n) is 14.9. The maximum Gasteiger partial charge on any atom is 0.416 e. The number of benzene rings is 2. The molecule has 2 aromatic carbocycles. The zero-order chi connectivity index (χ0) is 30.1. The Kier molecular flexibility index (Phi) is 8.81. The molecule has 0 aliphatic heterocycles. The summed E-state index contributed by atoms with van der Waals surface area (Å²) in [7, 11) is 0. The third-order valence-corrected chi connectivity index (χ3v) is 8.64. The van der Waals surface area contributed by atoms with Gasteiger partial charge in [0.15, 0.2) is 0 Å². The molecule has 0 amide bonds. The fraction of sp³-hybridized carbons (Fsp3) is 0.531. The van der Waals surface area contributed by atoms with Gasteiger partial charge in [-0.25, -0.2) is 0 Å². The number of hydrogen-bond donors (Lipinski definition) is 1. The van der Waals surface area contributed by atoms with Crippen molar-refractivity contribution < 1.29 is 26.3 Å². The average Bonchev–Trinajstić information content (AvgIpc) is 3.54. The number of nitrogens with one attached hydrogen (secondary N) is 1. The molecular weight excluding hydrogens is 554 g/mol. The second-order valence-electron chi connectivity index (χ2n) is 11.7. The van der Waals surface area contributed by atoms with Crippen molar-refractivity contribution >= 4 is 11.5 Å². The molecule has 0 spiro atoms. The van der Waals surface area contributed by atoms with Gasteiger partial charge in [-0.15, -0.1) is 0 Å². The lowest BCUT2D eigenvalue weighted by Crippen LogP contribution is -2.31. The summed E-state index contributed by atoms with van der Waals surface area (Å²) in [5, 5.41) is 7.87. The third kappa shape index (κ3) is 7.06. The van der Waals surface area contributed by atoms with E-state index < -0.39 is 23.5 Å². The van der Waals surface area contributed by atoms with Crippen LogP contribution < -0.4 is 10.2 Å². The Labute approximate surface area is 243 Å². The van der Waals surface area contributed by atoms with E-state index in [1.54, 1.807) is 13.0 Å². The van der Waals surface area contributed by atoms with Crippen LogP contribution in [0.4, 0.5) is 37.8 Å². The van der Waals surface area contributed by atoms with Gasteiger partial charge in [0, 0.05) is 37.1 Å². The maximum atomic E-state index is 13.3. The Morgan fingerprint density at radius 2 is 1.50 bits per heavy atom. The van der Waals surface area contributed by atoms with Crippen molar-refractivity contribution in [1.82, 2.24) is 9.78 Å². The summed E-state index contributed by atoms with van der Waals surface area (Å²) in [4.78, 5) is 2.49.